The first-order valence-electron chi connectivity index (χ1n) is 16.2. The van der Waals surface area contributed by atoms with Gasteiger partial charge in [0.1, 0.15) is 0 Å². The molecule has 2 saturated carbocycles. The van der Waals surface area contributed by atoms with Gasteiger partial charge in [0.25, 0.3) is 0 Å². The minimum atomic E-state index is -0.0987. The van der Waals surface area contributed by atoms with Crippen LogP contribution in [0, 0.1) is 10.8 Å². The number of hydrogen-bond donors (Lipinski definition) is 0. The zero-order chi connectivity index (χ0) is 30.8. The Morgan fingerprint density at radius 1 is 0.571 bits per heavy atom. The van der Waals surface area contributed by atoms with Gasteiger partial charge in [-0.3, -0.25) is 0 Å². The summed E-state index contributed by atoms with van der Waals surface area (Å²) in [7, 11) is 0. The lowest BCUT2D eigenvalue weighted by atomic mass is 9.66. The van der Waals surface area contributed by atoms with Gasteiger partial charge in [-0.25, -0.2) is 0 Å². The molecule has 4 rings (SSSR count). The molecule has 2 heteroatoms. The van der Waals surface area contributed by atoms with E-state index in [0.717, 1.165) is 12.8 Å². The third-order valence-corrected chi connectivity index (χ3v) is 10.1. The maximum Gasteiger partial charge on any atom is 0.0982 e. The molecule has 2 fully saturated rings. The average Bonchev–Trinajstić information content (AvgIpc) is 3.46. The van der Waals surface area contributed by atoms with Crippen LogP contribution >= 0.6 is 0 Å². The van der Waals surface area contributed by atoms with Crippen LogP contribution in [0.4, 0.5) is 0 Å². The first kappa shape index (κ1) is 32.5. The van der Waals surface area contributed by atoms with Gasteiger partial charge >= 0.3 is 0 Å². The van der Waals surface area contributed by atoms with Crippen molar-refractivity contribution in [3.8, 4) is 0 Å². The van der Waals surface area contributed by atoms with Gasteiger partial charge < -0.3 is 9.47 Å². The highest BCUT2D eigenvalue weighted by atomic mass is 16.5. The van der Waals surface area contributed by atoms with Gasteiger partial charge in [0, 0.05) is 0 Å². The minimum Gasteiger partial charge on any atom is -0.359 e. The molecular weight excluding hydrogens is 512 g/mol. The van der Waals surface area contributed by atoms with Crippen LogP contribution in [0.1, 0.15) is 108 Å². The highest BCUT2D eigenvalue weighted by Gasteiger charge is 2.48. The maximum absolute atomic E-state index is 6.56. The molecule has 0 unspecified atom stereocenters. The van der Waals surface area contributed by atoms with Crippen LogP contribution in [-0.4, -0.2) is 23.4 Å². The van der Waals surface area contributed by atoms with Crippen molar-refractivity contribution in [2.45, 2.75) is 131 Å². The van der Waals surface area contributed by atoms with Crippen molar-refractivity contribution in [2.75, 3.05) is 0 Å². The largest absolute Gasteiger partial charge is 0.359 e. The van der Waals surface area contributed by atoms with Crippen molar-refractivity contribution in [3.63, 3.8) is 0 Å². The average molecular weight is 569 g/mol. The molecule has 0 bridgehead atoms. The highest BCUT2D eigenvalue weighted by molar-refractivity contribution is 5.38. The van der Waals surface area contributed by atoms with E-state index < -0.39 is 0 Å². The van der Waals surface area contributed by atoms with Crippen LogP contribution in [0.15, 0.2) is 106 Å². The SMILES string of the molecule is CC(/C=C/C=C(\C)[C@H]1C=C2C(C)(C)CCC[C@@]2(C)O1)=C\C=C\C=C(C)\C=C\C=C(/C)[C@H]1C=C2C(C)(C)CCC[C@@]2(C)O1. The minimum absolute atomic E-state index is 0.0818. The van der Waals surface area contributed by atoms with Crippen LogP contribution in [0.2, 0.25) is 0 Å². The lowest BCUT2D eigenvalue weighted by Crippen LogP contribution is -2.39. The molecule has 0 spiro atoms. The van der Waals surface area contributed by atoms with E-state index in [1.165, 1.54) is 59.1 Å². The Kier molecular flexibility index (Phi) is 9.80. The van der Waals surface area contributed by atoms with Crippen molar-refractivity contribution < 1.29 is 9.47 Å². The van der Waals surface area contributed by atoms with Gasteiger partial charge in [-0.05, 0) is 125 Å². The van der Waals surface area contributed by atoms with E-state index in [9.17, 15) is 0 Å². The molecule has 4 atom stereocenters. The van der Waals surface area contributed by atoms with Crippen LogP contribution in [0.5, 0.6) is 0 Å². The van der Waals surface area contributed by atoms with Crippen molar-refractivity contribution >= 4 is 0 Å². The van der Waals surface area contributed by atoms with E-state index in [1.54, 1.807) is 0 Å². The van der Waals surface area contributed by atoms with Crippen molar-refractivity contribution in [1.82, 2.24) is 0 Å². The van der Waals surface area contributed by atoms with E-state index in [4.69, 9.17) is 9.47 Å². The second-order valence-corrected chi connectivity index (χ2v) is 14.9. The van der Waals surface area contributed by atoms with Crippen molar-refractivity contribution in [2.24, 2.45) is 10.8 Å². The van der Waals surface area contributed by atoms with Gasteiger partial charge in [-0.1, -0.05) is 99.6 Å². The van der Waals surface area contributed by atoms with Gasteiger partial charge in [-0.2, -0.15) is 0 Å². The fourth-order valence-electron chi connectivity index (χ4n) is 7.55. The molecule has 2 nitrogen and oxygen atoms in total. The molecule has 228 valence electrons. The molecule has 2 heterocycles. The fraction of sp³-hybridized carbons (Fsp3) is 0.550. The molecule has 4 aliphatic rings. The quantitative estimate of drug-likeness (QED) is 0.214. The second-order valence-electron chi connectivity index (χ2n) is 14.9. The molecule has 0 aromatic rings. The molecule has 0 saturated heterocycles. The van der Waals surface area contributed by atoms with Gasteiger partial charge in [0.2, 0.25) is 0 Å². The summed E-state index contributed by atoms with van der Waals surface area (Å²) in [4.78, 5) is 0. The summed E-state index contributed by atoms with van der Waals surface area (Å²) < 4.78 is 13.1. The molecule has 2 aliphatic carbocycles. The third-order valence-electron chi connectivity index (χ3n) is 10.1. The Morgan fingerprint density at radius 2 is 0.952 bits per heavy atom. The van der Waals surface area contributed by atoms with E-state index in [1.807, 2.05) is 0 Å². The maximum atomic E-state index is 6.56. The summed E-state index contributed by atoms with van der Waals surface area (Å²) in [5, 5.41) is 0. The summed E-state index contributed by atoms with van der Waals surface area (Å²) in [6.07, 6.45) is 33.7. The molecule has 42 heavy (non-hydrogen) atoms. The predicted octanol–water partition coefficient (Wildman–Crippen LogP) is 11.0. The first-order chi connectivity index (χ1) is 19.7. The molecule has 0 N–H and O–H groups in total. The molecule has 0 radical (unpaired) electrons. The number of hydrogen-bond acceptors (Lipinski definition) is 2. The zero-order valence-corrected chi connectivity index (χ0v) is 28.1. The van der Waals surface area contributed by atoms with E-state index >= 15 is 0 Å². The first-order valence-corrected chi connectivity index (χ1v) is 16.2. The summed E-state index contributed by atoms with van der Waals surface area (Å²) in [5.41, 5.74) is 8.20. The van der Waals surface area contributed by atoms with Crippen molar-refractivity contribution in [3.05, 3.63) is 106 Å². The topological polar surface area (TPSA) is 18.5 Å². The number of ether oxygens (including phenoxy) is 2. The Hall–Kier alpha value is -2.42. The molecule has 0 aromatic carbocycles. The molecular formula is C40H56O2. The van der Waals surface area contributed by atoms with Crippen LogP contribution in [-0.2, 0) is 9.47 Å². The lowest BCUT2D eigenvalue weighted by molar-refractivity contribution is -0.0311. The molecule has 2 aliphatic heterocycles. The summed E-state index contributed by atoms with van der Waals surface area (Å²) in [5.74, 6) is 0. The Morgan fingerprint density at radius 3 is 1.31 bits per heavy atom. The summed E-state index contributed by atoms with van der Waals surface area (Å²) in [6.45, 7) is 22.7. The van der Waals surface area contributed by atoms with E-state index in [0.29, 0.717) is 0 Å². The smallest absolute Gasteiger partial charge is 0.0982 e. The summed E-state index contributed by atoms with van der Waals surface area (Å²) >= 11 is 0. The van der Waals surface area contributed by atoms with E-state index in [2.05, 4.69) is 142 Å². The monoisotopic (exact) mass is 568 g/mol. The molecule has 0 aromatic heterocycles. The van der Waals surface area contributed by atoms with Gasteiger partial charge in [0.15, 0.2) is 0 Å². The second kappa shape index (κ2) is 12.7. The van der Waals surface area contributed by atoms with Crippen molar-refractivity contribution in [1.29, 1.82) is 0 Å². The third kappa shape index (κ3) is 7.37. The number of allylic oxidation sites excluding steroid dienone is 12. The number of rotatable bonds is 8. The van der Waals surface area contributed by atoms with Crippen LogP contribution < -0.4 is 0 Å². The lowest BCUT2D eigenvalue weighted by Gasteiger charge is -2.42. The Bertz CT molecular complexity index is 1200. The number of fused-ring (bicyclic) bond motifs is 2. The van der Waals surface area contributed by atoms with E-state index in [-0.39, 0.29) is 34.2 Å². The predicted molar refractivity (Wildman–Crippen MR) is 180 cm³/mol. The van der Waals surface area contributed by atoms with Gasteiger partial charge in [0.05, 0.1) is 23.4 Å². The van der Waals surface area contributed by atoms with Gasteiger partial charge in [-0.15, -0.1) is 0 Å². The highest BCUT2D eigenvalue weighted by Crippen LogP contribution is 2.53. The fourth-order valence-corrected chi connectivity index (χ4v) is 7.55. The Balaban J connectivity index is 1.28. The normalized spacial score (nSPS) is 33.9. The Labute approximate surface area is 257 Å². The van der Waals surface area contributed by atoms with Crippen LogP contribution in [0.3, 0.4) is 0 Å². The van der Waals surface area contributed by atoms with Crippen LogP contribution in [0.25, 0.3) is 0 Å². The standard InChI is InChI=1S/C40H56O2/c1-29(19-13-21-31(3)33-27-35-37(5,6)23-15-25-39(35,9)41-33)17-11-12-18-30(2)20-14-22-32(4)34-28-36-38(7,8)24-16-26-40(36,10)42-34/h11-14,17-22,27-28,33-34H,15-16,23-26H2,1-10H3/b12-11+,19-13+,20-14+,29-17+,30-18+,31-21+,32-22+/t33-,34-,39-,40-/m1/s1. The summed E-state index contributed by atoms with van der Waals surface area (Å²) in [6, 6.07) is 0. The molecule has 0 amide bonds. The zero-order valence-electron chi connectivity index (χ0n) is 28.1.